The molecule has 18 heavy (non-hydrogen) atoms. The summed E-state index contributed by atoms with van der Waals surface area (Å²) in [6.45, 7) is 2.72. The molecule has 3 heterocycles. The summed E-state index contributed by atoms with van der Waals surface area (Å²) in [7, 11) is 0. The van der Waals surface area contributed by atoms with Crippen LogP contribution in [0, 0.1) is 6.92 Å². The van der Waals surface area contributed by atoms with Gasteiger partial charge >= 0.3 is 0 Å². The Bertz CT molecular complexity index is 683. The van der Waals surface area contributed by atoms with E-state index >= 15 is 0 Å². The Hall–Kier alpha value is -2.14. The van der Waals surface area contributed by atoms with Crippen molar-refractivity contribution in [3.63, 3.8) is 0 Å². The van der Waals surface area contributed by atoms with E-state index in [-0.39, 0.29) is 6.61 Å². The minimum Gasteiger partial charge on any atom is -0.395 e. The number of rotatable bonds is 3. The predicted molar refractivity (Wildman–Crippen MR) is 68.2 cm³/mol. The molecule has 0 fully saturated rings. The molecular weight excluding hydrogens is 228 g/mol. The van der Waals surface area contributed by atoms with E-state index < -0.39 is 0 Å². The standard InChI is InChI=1S/C13H14N4O/c1-10-6-15-17-7-11(2-3-13(10)17)12-8-16(4-5-18)9-14-12/h2-3,6-9,18H,4-5H2,1H3. The van der Waals surface area contributed by atoms with Gasteiger partial charge < -0.3 is 9.67 Å². The average molecular weight is 242 g/mol. The Morgan fingerprint density at radius 2 is 2.17 bits per heavy atom. The fourth-order valence-corrected chi connectivity index (χ4v) is 2.01. The van der Waals surface area contributed by atoms with E-state index in [1.54, 1.807) is 6.33 Å². The summed E-state index contributed by atoms with van der Waals surface area (Å²) in [5.41, 5.74) is 4.17. The van der Waals surface area contributed by atoms with Crippen LogP contribution >= 0.6 is 0 Å². The van der Waals surface area contributed by atoms with Gasteiger partial charge in [-0.2, -0.15) is 5.10 Å². The molecule has 0 aliphatic carbocycles. The number of aryl methyl sites for hydroxylation is 1. The van der Waals surface area contributed by atoms with Crippen LogP contribution in [-0.4, -0.2) is 30.9 Å². The number of nitrogens with zero attached hydrogens (tertiary/aromatic N) is 4. The van der Waals surface area contributed by atoms with E-state index in [1.807, 2.05) is 46.7 Å². The summed E-state index contributed by atoms with van der Waals surface area (Å²) < 4.78 is 3.73. The van der Waals surface area contributed by atoms with Crippen LogP contribution in [0.25, 0.3) is 16.8 Å². The lowest BCUT2D eigenvalue weighted by atomic mass is 10.2. The second-order valence-corrected chi connectivity index (χ2v) is 4.30. The third-order valence-corrected chi connectivity index (χ3v) is 3.00. The molecule has 0 radical (unpaired) electrons. The van der Waals surface area contributed by atoms with Gasteiger partial charge in [-0.25, -0.2) is 9.50 Å². The Kier molecular flexibility index (Phi) is 2.60. The van der Waals surface area contributed by atoms with Crippen molar-refractivity contribution in [2.24, 2.45) is 0 Å². The average Bonchev–Trinajstić information content (AvgIpc) is 2.97. The van der Waals surface area contributed by atoms with Gasteiger partial charge in [0, 0.05) is 24.5 Å². The van der Waals surface area contributed by atoms with Crippen molar-refractivity contribution in [2.45, 2.75) is 13.5 Å². The highest BCUT2D eigenvalue weighted by atomic mass is 16.3. The smallest absolute Gasteiger partial charge is 0.0954 e. The van der Waals surface area contributed by atoms with Gasteiger partial charge in [-0.3, -0.25) is 0 Å². The first-order valence-electron chi connectivity index (χ1n) is 5.85. The molecule has 0 atom stereocenters. The summed E-state index contributed by atoms with van der Waals surface area (Å²) in [4.78, 5) is 4.33. The Balaban J connectivity index is 2.02. The van der Waals surface area contributed by atoms with E-state index in [2.05, 4.69) is 10.1 Å². The number of aromatic nitrogens is 4. The maximum atomic E-state index is 8.88. The quantitative estimate of drug-likeness (QED) is 0.757. The Labute approximate surface area is 104 Å². The zero-order valence-corrected chi connectivity index (χ0v) is 10.1. The monoisotopic (exact) mass is 242 g/mol. The number of fused-ring (bicyclic) bond motifs is 1. The highest BCUT2D eigenvalue weighted by Crippen LogP contribution is 2.19. The second kappa shape index (κ2) is 4.27. The first-order valence-corrected chi connectivity index (χ1v) is 5.85. The van der Waals surface area contributed by atoms with Gasteiger partial charge in [0.1, 0.15) is 0 Å². The van der Waals surface area contributed by atoms with Crippen molar-refractivity contribution in [1.29, 1.82) is 0 Å². The summed E-state index contributed by atoms with van der Waals surface area (Å²) in [6, 6.07) is 4.08. The minimum absolute atomic E-state index is 0.118. The molecule has 5 heteroatoms. The molecule has 0 unspecified atom stereocenters. The minimum atomic E-state index is 0.118. The van der Waals surface area contributed by atoms with Gasteiger partial charge in [0.25, 0.3) is 0 Å². The molecular formula is C13H14N4O. The molecule has 0 saturated carbocycles. The second-order valence-electron chi connectivity index (χ2n) is 4.30. The van der Waals surface area contributed by atoms with Gasteiger partial charge in [0.05, 0.1) is 30.3 Å². The molecule has 1 N–H and O–H groups in total. The molecule has 0 spiro atoms. The highest BCUT2D eigenvalue weighted by molar-refractivity contribution is 5.63. The first-order chi connectivity index (χ1) is 8.78. The number of hydrogen-bond acceptors (Lipinski definition) is 3. The van der Waals surface area contributed by atoms with Gasteiger partial charge in [0.15, 0.2) is 0 Å². The van der Waals surface area contributed by atoms with E-state index in [9.17, 15) is 0 Å². The number of aliphatic hydroxyl groups is 1. The van der Waals surface area contributed by atoms with Gasteiger partial charge in [-0.05, 0) is 24.6 Å². The predicted octanol–water partition coefficient (Wildman–Crippen LogP) is 1.50. The fourth-order valence-electron chi connectivity index (χ4n) is 2.01. The van der Waals surface area contributed by atoms with Crippen molar-refractivity contribution >= 4 is 5.52 Å². The SMILES string of the molecule is Cc1cnn2cc(-c3cn(CCO)cn3)ccc12. The topological polar surface area (TPSA) is 55.4 Å². The van der Waals surface area contributed by atoms with Crippen LogP contribution in [0.15, 0.2) is 37.1 Å². The molecule has 0 amide bonds. The van der Waals surface area contributed by atoms with Crippen LogP contribution in [0.5, 0.6) is 0 Å². The third-order valence-electron chi connectivity index (χ3n) is 3.00. The van der Waals surface area contributed by atoms with Gasteiger partial charge in [-0.1, -0.05) is 0 Å². The molecule has 3 aromatic heterocycles. The molecule has 3 aromatic rings. The lowest BCUT2D eigenvalue weighted by Crippen LogP contribution is -1.97. The first kappa shape index (κ1) is 11.0. The largest absolute Gasteiger partial charge is 0.395 e. The molecule has 0 aliphatic heterocycles. The van der Waals surface area contributed by atoms with Crippen LogP contribution < -0.4 is 0 Å². The van der Waals surface area contributed by atoms with Crippen LogP contribution in [0.2, 0.25) is 0 Å². The van der Waals surface area contributed by atoms with Crippen molar-refractivity contribution in [3.8, 4) is 11.3 Å². The lowest BCUT2D eigenvalue weighted by molar-refractivity contribution is 0.276. The lowest BCUT2D eigenvalue weighted by Gasteiger charge is -1.99. The van der Waals surface area contributed by atoms with E-state index in [0.717, 1.165) is 22.3 Å². The number of pyridine rings is 1. The number of imidazole rings is 1. The molecule has 3 rings (SSSR count). The number of hydrogen-bond donors (Lipinski definition) is 1. The zero-order chi connectivity index (χ0) is 12.5. The summed E-state index contributed by atoms with van der Waals surface area (Å²) in [5, 5.41) is 13.2. The van der Waals surface area contributed by atoms with E-state index in [1.165, 1.54) is 0 Å². The van der Waals surface area contributed by atoms with E-state index in [0.29, 0.717) is 6.54 Å². The zero-order valence-electron chi connectivity index (χ0n) is 10.1. The molecule has 0 aromatic carbocycles. The molecule has 0 bridgehead atoms. The Morgan fingerprint density at radius 1 is 1.28 bits per heavy atom. The van der Waals surface area contributed by atoms with Crippen LogP contribution in [0.4, 0.5) is 0 Å². The summed E-state index contributed by atoms with van der Waals surface area (Å²) >= 11 is 0. The molecule has 0 aliphatic rings. The number of aliphatic hydroxyl groups excluding tert-OH is 1. The Morgan fingerprint density at radius 3 is 3.00 bits per heavy atom. The normalized spacial score (nSPS) is 11.2. The van der Waals surface area contributed by atoms with Gasteiger partial charge in [-0.15, -0.1) is 0 Å². The fraction of sp³-hybridized carbons (Fsp3) is 0.231. The van der Waals surface area contributed by atoms with Crippen LogP contribution in [0.3, 0.4) is 0 Å². The van der Waals surface area contributed by atoms with Crippen molar-refractivity contribution in [3.05, 3.63) is 42.6 Å². The van der Waals surface area contributed by atoms with Gasteiger partial charge in [0.2, 0.25) is 0 Å². The maximum Gasteiger partial charge on any atom is 0.0954 e. The maximum absolute atomic E-state index is 8.88. The summed E-state index contributed by atoms with van der Waals surface area (Å²) in [6.07, 6.45) is 7.47. The van der Waals surface area contributed by atoms with Crippen molar-refractivity contribution in [2.75, 3.05) is 6.61 Å². The highest BCUT2D eigenvalue weighted by Gasteiger charge is 2.05. The van der Waals surface area contributed by atoms with Crippen LogP contribution in [0.1, 0.15) is 5.56 Å². The molecule has 92 valence electrons. The third kappa shape index (κ3) is 1.78. The molecule has 5 nitrogen and oxygen atoms in total. The van der Waals surface area contributed by atoms with E-state index in [4.69, 9.17) is 5.11 Å². The van der Waals surface area contributed by atoms with Crippen molar-refractivity contribution < 1.29 is 5.11 Å². The van der Waals surface area contributed by atoms with Crippen molar-refractivity contribution in [1.82, 2.24) is 19.2 Å². The van der Waals surface area contributed by atoms with Crippen LogP contribution in [-0.2, 0) is 6.54 Å². The summed E-state index contributed by atoms with van der Waals surface area (Å²) in [5.74, 6) is 0. The molecule has 0 saturated heterocycles.